The Morgan fingerprint density at radius 3 is 2.77 bits per heavy atom. The van der Waals surface area contributed by atoms with Crippen LogP contribution in [0.3, 0.4) is 0 Å². The first kappa shape index (κ1) is 17.6. The summed E-state index contributed by atoms with van der Waals surface area (Å²) in [6.07, 6.45) is 7.31. The van der Waals surface area contributed by atoms with Crippen molar-refractivity contribution < 1.29 is 4.79 Å². The molecule has 132 valence electrons. The van der Waals surface area contributed by atoms with Crippen LogP contribution in [0.15, 0.2) is 48.7 Å². The summed E-state index contributed by atoms with van der Waals surface area (Å²) < 4.78 is 0. The van der Waals surface area contributed by atoms with Crippen LogP contribution in [-0.4, -0.2) is 29.8 Å². The van der Waals surface area contributed by atoms with Crippen LogP contribution in [0.25, 0.3) is 23.4 Å². The van der Waals surface area contributed by atoms with Gasteiger partial charge in [0.1, 0.15) is 0 Å². The lowest BCUT2D eigenvalue weighted by atomic mass is 10.1. The van der Waals surface area contributed by atoms with Gasteiger partial charge < -0.3 is 16.0 Å². The first-order valence-electron chi connectivity index (χ1n) is 8.52. The molecule has 0 aliphatic carbocycles. The third kappa shape index (κ3) is 4.07. The van der Waals surface area contributed by atoms with Crippen LogP contribution < -0.4 is 11.1 Å². The molecule has 0 aliphatic rings. The summed E-state index contributed by atoms with van der Waals surface area (Å²) >= 11 is 0. The number of anilines is 1. The van der Waals surface area contributed by atoms with Crippen LogP contribution >= 0.6 is 0 Å². The maximum absolute atomic E-state index is 11.3. The molecule has 2 aromatic heterocycles. The lowest BCUT2D eigenvalue weighted by Gasteiger charge is -2.02. The van der Waals surface area contributed by atoms with Crippen molar-refractivity contribution in [3.63, 3.8) is 0 Å². The van der Waals surface area contributed by atoms with Crippen molar-refractivity contribution in [3.05, 3.63) is 71.2 Å². The largest absolute Gasteiger partial charge is 0.398 e. The maximum atomic E-state index is 11.3. The zero-order chi connectivity index (χ0) is 18.4. The second kappa shape index (κ2) is 8.27. The van der Waals surface area contributed by atoms with E-state index in [9.17, 15) is 4.79 Å². The van der Waals surface area contributed by atoms with E-state index in [0.29, 0.717) is 5.56 Å². The van der Waals surface area contributed by atoms with Gasteiger partial charge in [-0.05, 0) is 43.0 Å². The monoisotopic (exact) mass is 346 g/mol. The first-order valence-corrected chi connectivity index (χ1v) is 8.52. The van der Waals surface area contributed by atoms with E-state index in [1.807, 2.05) is 61.7 Å². The fraction of sp³-hybridized carbons (Fsp3) is 0.143. The molecule has 0 fully saturated rings. The van der Waals surface area contributed by atoms with E-state index in [2.05, 4.69) is 15.3 Å². The van der Waals surface area contributed by atoms with Crippen molar-refractivity contribution in [2.45, 2.75) is 6.42 Å². The number of aldehydes is 1. The molecule has 0 amide bonds. The Hall–Kier alpha value is -3.18. The van der Waals surface area contributed by atoms with E-state index in [-0.39, 0.29) is 0 Å². The number of nitrogens with one attached hydrogen (secondary N) is 2. The normalized spacial score (nSPS) is 11.1. The quantitative estimate of drug-likeness (QED) is 0.452. The summed E-state index contributed by atoms with van der Waals surface area (Å²) in [6, 6.07) is 13.5. The summed E-state index contributed by atoms with van der Waals surface area (Å²) in [5, 5.41) is 3.10. The highest BCUT2D eigenvalue weighted by Gasteiger charge is 2.09. The van der Waals surface area contributed by atoms with Crippen molar-refractivity contribution in [3.8, 4) is 11.3 Å². The molecule has 0 atom stereocenters. The zero-order valence-corrected chi connectivity index (χ0v) is 14.7. The molecule has 0 unspecified atom stereocenters. The number of hydrogen-bond acceptors (Lipinski definition) is 4. The lowest BCUT2D eigenvalue weighted by Crippen LogP contribution is -2.11. The molecular formula is C21H22N4O. The Balaban J connectivity index is 1.86. The standard InChI is InChI=1S/C21H22N4O/c1-23-10-9-20-17(14-26)13-21(25-20)16-8-11-24-18(12-16)7-6-15-4-2-3-5-19(15)22/h2-8,11-14,23,25H,9-10,22H2,1H3/b7-6+. The van der Waals surface area contributed by atoms with Gasteiger partial charge >= 0.3 is 0 Å². The molecular weight excluding hydrogens is 324 g/mol. The molecule has 26 heavy (non-hydrogen) atoms. The third-order valence-corrected chi connectivity index (χ3v) is 4.21. The topological polar surface area (TPSA) is 83.8 Å². The molecule has 0 radical (unpaired) electrons. The molecule has 4 N–H and O–H groups in total. The van der Waals surface area contributed by atoms with Gasteiger partial charge in [0.2, 0.25) is 0 Å². The molecule has 1 aromatic carbocycles. The number of pyridine rings is 1. The van der Waals surface area contributed by atoms with Gasteiger partial charge in [-0.25, -0.2) is 0 Å². The molecule has 5 nitrogen and oxygen atoms in total. The van der Waals surface area contributed by atoms with Crippen LogP contribution in [0.5, 0.6) is 0 Å². The maximum Gasteiger partial charge on any atom is 0.151 e. The SMILES string of the molecule is CNCCc1[nH]c(-c2ccnc(/C=C/c3ccccc3N)c2)cc1C=O. The summed E-state index contributed by atoms with van der Waals surface area (Å²) in [7, 11) is 1.89. The van der Waals surface area contributed by atoms with E-state index < -0.39 is 0 Å². The number of aromatic amines is 1. The van der Waals surface area contributed by atoms with E-state index in [1.54, 1.807) is 6.20 Å². The molecule has 3 aromatic rings. The molecule has 0 spiro atoms. The number of rotatable bonds is 7. The van der Waals surface area contributed by atoms with E-state index in [0.717, 1.165) is 53.1 Å². The highest BCUT2D eigenvalue weighted by atomic mass is 16.1. The Morgan fingerprint density at radius 1 is 1.15 bits per heavy atom. The molecule has 0 saturated carbocycles. The Morgan fingerprint density at radius 2 is 2.00 bits per heavy atom. The van der Waals surface area contributed by atoms with Crippen LogP contribution in [0.1, 0.15) is 27.3 Å². The molecule has 0 aliphatic heterocycles. The fourth-order valence-corrected chi connectivity index (χ4v) is 2.78. The van der Waals surface area contributed by atoms with E-state index >= 15 is 0 Å². The van der Waals surface area contributed by atoms with Crippen LogP contribution in [-0.2, 0) is 6.42 Å². The number of carbonyl (C=O) groups is 1. The molecule has 3 rings (SSSR count). The average molecular weight is 346 g/mol. The van der Waals surface area contributed by atoms with Crippen molar-refractivity contribution in [1.82, 2.24) is 15.3 Å². The van der Waals surface area contributed by atoms with Crippen LogP contribution in [0.2, 0.25) is 0 Å². The van der Waals surface area contributed by atoms with Crippen molar-refractivity contribution in [2.24, 2.45) is 0 Å². The van der Waals surface area contributed by atoms with Gasteiger partial charge in [-0.15, -0.1) is 0 Å². The molecule has 0 bridgehead atoms. The number of nitrogens with two attached hydrogens (primary N) is 1. The van der Waals surface area contributed by atoms with E-state index in [1.165, 1.54) is 0 Å². The van der Waals surface area contributed by atoms with Gasteiger partial charge in [0.25, 0.3) is 0 Å². The Labute approximate surface area is 153 Å². The van der Waals surface area contributed by atoms with Gasteiger partial charge in [-0.2, -0.15) is 0 Å². The predicted molar refractivity (Wildman–Crippen MR) is 107 cm³/mol. The predicted octanol–water partition coefficient (Wildman–Crippen LogP) is 3.40. The van der Waals surface area contributed by atoms with Crippen molar-refractivity contribution in [1.29, 1.82) is 0 Å². The second-order valence-electron chi connectivity index (χ2n) is 6.02. The Kier molecular flexibility index (Phi) is 5.61. The summed E-state index contributed by atoms with van der Waals surface area (Å²) in [5.74, 6) is 0. The minimum atomic E-state index is 0.696. The zero-order valence-electron chi connectivity index (χ0n) is 14.7. The van der Waals surface area contributed by atoms with Crippen LogP contribution in [0, 0.1) is 0 Å². The fourth-order valence-electron chi connectivity index (χ4n) is 2.78. The number of likely N-dealkylation sites (N-methyl/N-ethyl adjacent to an activating group) is 1. The summed E-state index contributed by atoms with van der Waals surface area (Å²) in [6.45, 7) is 0.809. The third-order valence-electron chi connectivity index (χ3n) is 4.21. The van der Waals surface area contributed by atoms with Gasteiger partial charge in [0, 0.05) is 47.4 Å². The highest BCUT2D eigenvalue weighted by Crippen LogP contribution is 2.23. The summed E-state index contributed by atoms with van der Waals surface area (Å²) in [4.78, 5) is 19.1. The second-order valence-corrected chi connectivity index (χ2v) is 6.02. The average Bonchev–Trinajstić information content (AvgIpc) is 3.09. The number of aromatic nitrogens is 2. The number of para-hydroxylation sites is 1. The highest BCUT2D eigenvalue weighted by molar-refractivity contribution is 5.81. The van der Waals surface area contributed by atoms with E-state index in [4.69, 9.17) is 5.73 Å². The molecule has 2 heterocycles. The van der Waals surface area contributed by atoms with Gasteiger partial charge in [-0.1, -0.05) is 24.3 Å². The smallest absolute Gasteiger partial charge is 0.151 e. The van der Waals surface area contributed by atoms with Crippen LogP contribution in [0.4, 0.5) is 5.69 Å². The van der Waals surface area contributed by atoms with Crippen molar-refractivity contribution in [2.75, 3.05) is 19.3 Å². The Bertz CT molecular complexity index is 927. The lowest BCUT2D eigenvalue weighted by molar-refractivity contribution is 0.112. The number of carbonyl (C=O) groups excluding carboxylic acids is 1. The number of H-pyrrole nitrogens is 1. The van der Waals surface area contributed by atoms with Gasteiger partial charge in [-0.3, -0.25) is 9.78 Å². The number of benzene rings is 1. The molecule has 0 saturated heterocycles. The molecule has 5 heteroatoms. The number of nitrogens with zero attached hydrogens (tertiary/aromatic N) is 1. The van der Waals surface area contributed by atoms with Gasteiger partial charge in [0.05, 0.1) is 5.69 Å². The van der Waals surface area contributed by atoms with Gasteiger partial charge in [0.15, 0.2) is 6.29 Å². The summed E-state index contributed by atoms with van der Waals surface area (Å²) in [5.41, 5.74) is 12.0. The number of nitrogen functional groups attached to an aromatic ring is 1. The van der Waals surface area contributed by atoms with Crippen molar-refractivity contribution >= 4 is 24.1 Å². The minimum Gasteiger partial charge on any atom is -0.398 e. The first-order chi connectivity index (χ1) is 12.7. The number of hydrogen-bond donors (Lipinski definition) is 3. The minimum absolute atomic E-state index is 0.696.